The van der Waals surface area contributed by atoms with Crippen LogP contribution in [0.5, 0.6) is 0 Å². The molecule has 0 aliphatic rings. The number of carboxylic acids is 1. The minimum absolute atomic E-state index is 0.00206. The normalized spacial score (nSPS) is 11.5. The maximum Gasteiger partial charge on any atom is 0.416 e. The molecule has 1 aromatic heterocycles. The maximum absolute atomic E-state index is 13.2. The lowest BCUT2D eigenvalue weighted by Crippen LogP contribution is -2.12. The lowest BCUT2D eigenvalue weighted by Gasteiger charge is -2.14. The van der Waals surface area contributed by atoms with Crippen LogP contribution in [0, 0.1) is 0 Å². The molecule has 1 heterocycles. The molecular weight excluding hydrogens is 345 g/mol. The number of imidazole rings is 1. The predicted octanol–water partition coefficient (Wildman–Crippen LogP) is 4.24. The Morgan fingerprint density at radius 2 is 1.69 bits per heavy atom. The molecule has 1 N–H and O–H groups in total. The standard InChI is InChI=1S/C19H15F3N2O2/c20-19(21,22)16-8-4-2-5-13(16)11-17-23-9-10-24(17)12-14-6-1-3-7-15(14)18(25)26/h1-10H,11-12H2,(H,25,26). The second-order valence-electron chi connectivity index (χ2n) is 5.77. The average molecular weight is 360 g/mol. The van der Waals surface area contributed by atoms with Gasteiger partial charge in [0.1, 0.15) is 5.82 Å². The first-order chi connectivity index (χ1) is 12.4. The van der Waals surface area contributed by atoms with Gasteiger partial charge >= 0.3 is 12.1 Å². The summed E-state index contributed by atoms with van der Waals surface area (Å²) < 4.78 is 41.2. The second kappa shape index (κ2) is 7.03. The van der Waals surface area contributed by atoms with E-state index < -0.39 is 17.7 Å². The van der Waals surface area contributed by atoms with Crippen molar-refractivity contribution in [2.45, 2.75) is 19.1 Å². The molecule has 26 heavy (non-hydrogen) atoms. The van der Waals surface area contributed by atoms with Gasteiger partial charge in [0.2, 0.25) is 0 Å². The van der Waals surface area contributed by atoms with E-state index in [0.717, 1.165) is 6.07 Å². The first-order valence-electron chi connectivity index (χ1n) is 7.82. The molecule has 0 spiro atoms. The van der Waals surface area contributed by atoms with Crippen molar-refractivity contribution >= 4 is 5.97 Å². The van der Waals surface area contributed by atoms with Crippen LogP contribution in [0.2, 0.25) is 0 Å². The highest BCUT2D eigenvalue weighted by molar-refractivity contribution is 5.89. The van der Waals surface area contributed by atoms with Gasteiger partial charge in [0.15, 0.2) is 0 Å². The highest BCUT2D eigenvalue weighted by Gasteiger charge is 2.33. The number of halogens is 3. The molecular formula is C19H15F3N2O2. The second-order valence-corrected chi connectivity index (χ2v) is 5.77. The summed E-state index contributed by atoms with van der Waals surface area (Å²) in [5.74, 6) is -0.619. The Labute approximate surface area is 147 Å². The summed E-state index contributed by atoms with van der Waals surface area (Å²) in [7, 11) is 0. The molecule has 0 bridgehead atoms. The number of aromatic carboxylic acids is 1. The highest BCUT2D eigenvalue weighted by Crippen LogP contribution is 2.32. The fourth-order valence-electron chi connectivity index (χ4n) is 2.82. The van der Waals surface area contributed by atoms with Gasteiger partial charge in [-0.25, -0.2) is 9.78 Å². The maximum atomic E-state index is 13.2. The van der Waals surface area contributed by atoms with Crippen LogP contribution in [-0.2, 0) is 19.1 Å². The smallest absolute Gasteiger partial charge is 0.416 e. The number of benzene rings is 2. The molecule has 7 heteroatoms. The van der Waals surface area contributed by atoms with E-state index >= 15 is 0 Å². The van der Waals surface area contributed by atoms with Crippen LogP contribution < -0.4 is 0 Å². The molecule has 0 radical (unpaired) electrons. The molecule has 0 atom stereocenters. The molecule has 3 aromatic rings. The Kier molecular flexibility index (Phi) is 4.79. The van der Waals surface area contributed by atoms with E-state index in [2.05, 4.69) is 4.98 Å². The third-order valence-electron chi connectivity index (χ3n) is 4.06. The van der Waals surface area contributed by atoms with Crippen molar-refractivity contribution in [1.29, 1.82) is 0 Å². The van der Waals surface area contributed by atoms with Gasteiger partial charge in [-0.15, -0.1) is 0 Å². The monoisotopic (exact) mass is 360 g/mol. The van der Waals surface area contributed by atoms with E-state index in [1.807, 2.05) is 0 Å². The lowest BCUT2D eigenvalue weighted by molar-refractivity contribution is -0.138. The van der Waals surface area contributed by atoms with E-state index in [0.29, 0.717) is 11.4 Å². The predicted molar refractivity (Wildman–Crippen MR) is 89.0 cm³/mol. The van der Waals surface area contributed by atoms with Crippen LogP contribution in [-0.4, -0.2) is 20.6 Å². The summed E-state index contributed by atoms with van der Waals surface area (Å²) in [6.45, 7) is 0.214. The lowest BCUT2D eigenvalue weighted by atomic mass is 10.0. The fourth-order valence-corrected chi connectivity index (χ4v) is 2.82. The van der Waals surface area contributed by atoms with Crippen LogP contribution >= 0.6 is 0 Å². The van der Waals surface area contributed by atoms with Crippen molar-refractivity contribution in [3.05, 3.63) is 89.0 Å². The number of alkyl halides is 3. The van der Waals surface area contributed by atoms with Crippen LogP contribution in [0.4, 0.5) is 13.2 Å². The van der Waals surface area contributed by atoms with Crippen molar-refractivity contribution in [2.75, 3.05) is 0 Å². The molecule has 0 saturated heterocycles. The fraction of sp³-hybridized carbons (Fsp3) is 0.158. The largest absolute Gasteiger partial charge is 0.478 e. The van der Waals surface area contributed by atoms with E-state index in [-0.39, 0.29) is 24.1 Å². The van der Waals surface area contributed by atoms with E-state index in [9.17, 15) is 23.1 Å². The quantitative estimate of drug-likeness (QED) is 0.740. The van der Waals surface area contributed by atoms with Gasteiger partial charge in [0, 0.05) is 25.4 Å². The van der Waals surface area contributed by atoms with Gasteiger partial charge < -0.3 is 9.67 Å². The Hall–Kier alpha value is -3.09. The molecule has 4 nitrogen and oxygen atoms in total. The summed E-state index contributed by atoms with van der Waals surface area (Å²) in [5, 5.41) is 9.27. The SMILES string of the molecule is O=C(O)c1ccccc1Cn1ccnc1Cc1ccccc1C(F)(F)F. The third kappa shape index (κ3) is 3.77. The zero-order chi connectivity index (χ0) is 18.7. The Balaban J connectivity index is 1.91. The van der Waals surface area contributed by atoms with Crippen molar-refractivity contribution in [3.63, 3.8) is 0 Å². The summed E-state index contributed by atoms with van der Waals surface area (Å²) in [5.41, 5.74) is 0.144. The number of nitrogens with zero attached hydrogens (tertiary/aromatic N) is 2. The Bertz CT molecular complexity index is 932. The van der Waals surface area contributed by atoms with Gasteiger partial charge in [-0.1, -0.05) is 36.4 Å². The van der Waals surface area contributed by atoms with Gasteiger partial charge in [-0.3, -0.25) is 0 Å². The van der Waals surface area contributed by atoms with Crippen molar-refractivity contribution in [2.24, 2.45) is 0 Å². The van der Waals surface area contributed by atoms with E-state index in [4.69, 9.17) is 0 Å². The van der Waals surface area contributed by atoms with Gasteiger partial charge in [0.25, 0.3) is 0 Å². The minimum Gasteiger partial charge on any atom is -0.478 e. The molecule has 0 saturated carbocycles. The number of aromatic nitrogens is 2. The van der Waals surface area contributed by atoms with Gasteiger partial charge in [0.05, 0.1) is 11.1 Å². The molecule has 0 aliphatic carbocycles. The summed E-state index contributed by atoms with van der Waals surface area (Å²) in [6, 6.07) is 11.9. The highest BCUT2D eigenvalue weighted by atomic mass is 19.4. The summed E-state index contributed by atoms with van der Waals surface area (Å²) in [6.07, 6.45) is -1.32. The van der Waals surface area contributed by atoms with Crippen LogP contribution in [0.1, 0.15) is 32.9 Å². The first-order valence-corrected chi connectivity index (χ1v) is 7.82. The zero-order valence-electron chi connectivity index (χ0n) is 13.6. The molecule has 0 unspecified atom stereocenters. The van der Waals surface area contributed by atoms with Crippen molar-refractivity contribution < 1.29 is 23.1 Å². The van der Waals surface area contributed by atoms with Crippen molar-refractivity contribution in [1.82, 2.24) is 9.55 Å². The number of hydrogen-bond acceptors (Lipinski definition) is 2. The number of carboxylic acid groups (broad SMARTS) is 1. The summed E-state index contributed by atoms with van der Waals surface area (Å²) in [4.78, 5) is 15.5. The van der Waals surface area contributed by atoms with Crippen LogP contribution in [0.15, 0.2) is 60.9 Å². The Morgan fingerprint density at radius 1 is 1.04 bits per heavy atom. The first kappa shape index (κ1) is 17.7. The number of carbonyl (C=O) groups is 1. The Morgan fingerprint density at radius 3 is 2.38 bits per heavy atom. The average Bonchev–Trinajstić information content (AvgIpc) is 3.01. The molecule has 0 aliphatic heterocycles. The van der Waals surface area contributed by atoms with E-state index in [1.165, 1.54) is 24.4 Å². The number of rotatable bonds is 5. The number of hydrogen-bond donors (Lipinski definition) is 1. The third-order valence-corrected chi connectivity index (χ3v) is 4.06. The topological polar surface area (TPSA) is 55.1 Å². The molecule has 134 valence electrons. The van der Waals surface area contributed by atoms with Gasteiger partial charge in [-0.2, -0.15) is 13.2 Å². The molecule has 0 fully saturated rings. The van der Waals surface area contributed by atoms with Crippen LogP contribution in [0.3, 0.4) is 0 Å². The van der Waals surface area contributed by atoms with Gasteiger partial charge in [-0.05, 0) is 23.3 Å². The van der Waals surface area contributed by atoms with Crippen molar-refractivity contribution in [3.8, 4) is 0 Å². The van der Waals surface area contributed by atoms with Crippen LogP contribution in [0.25, 0.3) is 0 Å². The summed E-state index contributed by atoms with van der Waals surface area (Å²) >= 11 is 0. The molecule has 3 rings (SSSR count). The molecule has 2 aromatic carbocycles. The molecule has 0 amide bonds. The minimum atomic E-state index is -4.44. The zero-order valence-corrected chi connectivity index (χ0v) is 13.6. The van der Waals surface area contributed by atoms with E-state index in [1.54, 1.807) is 35.0 Å².